The van der Waals surface area contributed by atoms with Crippen molar-refractivity contribution in [1.29, 1.82) is 0 Å². The molecule has 1 fully saturated rings. The first-order valence-corrected chi connectivity index (χ1v) is 5.97. The first-order chi connectivity index (χ1) is 8.92. The van der Waals surface area contributed by atoms with Gasteiger partial charge in [-0.1, -0.05) is 42.5 Å². The number of hydrazine groups is 2. The molecule has 1 atom stereocenters. The summed E-state index contributed by atoms with van der Waals surface area (Å²) in [5.74, 6) is 0.861. The molecule has 0 amide bonds. The highest BCUT2D eigenvalue weighted by atomic mass is 16.5. The minimum atomic E-state index is -0.0453. The van der Waals surface area contributed by atoms with Crippen LogP contribution in [0.25, 0.3) is 11.1 Å². The van der Waals surface area contributed by atoms with Gasteiger partial charge in [0.2, 0.25) is 0 Å². The van der Waals surface area contributed by atoms with Crippen LogP contribution >= 0.6 is 0 Å². The molecule has 1 saturated heterocycles. The monoisotopic (exact) mass is 241 g/mol. The van der Waals surface area contributed by atoms with Crippen molar-refractivity contribution in [3.63, 3.8) is 0 Å². The van der Waals surface area contributed by atoms with E-state index in [1.54, 1.807) is 0 Å². The van der Waals surface area contributed by atoms with Gasteiger partial charge in [0, 0.05) is 0 Å². The largest absolute Gasteiger partial charge is 0.473 e. The summed E-state index contributed by atoms with van der Waals surface area (Å²) in [6.07, 6.45) is -0.0453. The fraction of sp³-hybridized carbons (Fsp3) is 0.143. The Balaban J connectivity index is 1.80. The Hall–Kier alpha value is -1.88. The third kappa shape index (κ3) is 2.51. The maximum atomic E-state index is 5.80. The van der Waals surface area contributed by atoms with Gasteiger partial charge in [0.25, 0.3) is 0 Å². The van der Waals surface area contributed by atoms with Crippen LogP contribution in [0.4, 0.5) is 0 Å². The predicted octanol–water partition coefficient (Wildman–Crippen LogP) is 1.67. The van der Waals surface area contributed by atoms with Crippen molar-refractivity contribution in [2.45, 2.75) is 6.23 Å². The van der Waals surface area contributed by atoms with E-state index in [0.717, 1.165) is 17.9 Å². The molecule has 92 valence electrons. The fourth-order valence-electron chi connectivity index (χ4n) is 1.94. The highest BCUT2D eigenvalue weighted by Crippen LogP contribution is 2.23. The number of hydrogen-bond acceptors (Lipinski definition) is 4. The molecule has 1 aliphatic heterocycles. The van der Waals surface area contributed by atoms with E-state index in [9.17, 15) is 0 Å². The highest BCUT2D eigenvalue weighted by Gasteiger charge is 2.14. The van der Waals surface area contributed by atoms with Crippen molar-refractivity contribution in [3.8, 4) is 16.9 Å². The van der Waals surface area contributed by atoms with Crippen molar-refractivity contribution in [3.05, 3.63) is 54.6 Å². The summed E-state index contributed by atoms with van der Waals surface area (Å²) in [6, 6.07) is 18.4. The maximum absolute atomic E-state index is 5.80. The molecular weight excluding hydrogens is 226 g/mol. The Labute approximate surface area is 106 Å². The molecule has 3 N–H and O–H groups in total. The molecule has 0 bridgehead atoms. The Morgan fingerprint density at radius 2 is 1.78 bits per heavy atom. The number of hydrogen-bond donors (Lipinski definition) is 3. The van der Waals surface area contributed by atoms with E-state index in [-0.39, 0.29) is 6.23 Å². The second-order valence-corrected chi connectivity index (χ2v) is 4.15. The van der Waals surface area contributed by atoms with Gasteiger partial charge in [0.1, 0.15) is 5.75 Å². The van der Waals surface area contributed by atoms with Crippen molar-refractivity contribution in [1.82, 2.24) is 16.4 Å². The third-order valence-corrected chi connectivity index (χ3v) is 2.83. The molecule has 0 saturated carbocycles. The summed E-state index contributed by atoms with van der Waals surface area (Å²) < 4.78 is 5.80. The molecule has 1 aliphatic rings. The molecule has 3 rings (SSSR count). The summed E-state index contributed by atoms with van der Waals surface area (Å²) >= 11 is 0. The van der Waals surface area contributed by atoms with Crippen LogP contribution in [0.2, 0.25) is 0 Å². The van der Waals surface area contributed by atoms with E-state index >= 15 is 0 Å². The number of ether oxygens (including phenoxy) is 1. The van der Waals surface area contributed by atoms with E-state index < -0.39 is 0 Å². The number of benzene rings is 2. The van der Waals surface area contributed by atoms with Crippen molar-refractivity contribution < 1.29 is 4.74 Å². The van der Waals surface area contributed by atoms with Crippen molar-refractivity contribution >= 4 is 0 Å². The topological polar surface area (TPSA) is 45.3 Å². The van der Waals surface area contributed by atoms with Crippen LogP contribution in [0.5, 0.6) is 5.75 Å². The van der Waals surface area contributed by atoms with Gasteiger partial charge in [0.15, 0.2) is 6.23 Å². The Bertz CT molecular complexity index is 509. The quantitative estimate of drug-likeness (QED) is 0.765. The fourth-order valence-corrected chi connectivity index (χ4v) is 1.94. The molecule has 4 heteroatoms. The highest BCUT2D eigenvalue weighted by molar-refractivity contribution is 5.64. The first-order valence-electron chi connectivity index (χ1n) is 5.97. The minimum absolute atomic E-state index is 0.0453. The Morgan fingerprint density at radius 1 is 0.944 bits per heavy atom. The minimum Gasteiger partial charge on any atom is -0.473 e. The predicted molar refractivity (Wildman–Crippen MR) is 70.6 cm³/mol. The summed E-state index contributed by atoms with van der Waals surface area (Å²) in [5.41, 5.74) is 11.1. The molecule has 1 unspecified atom stereocenters. The van der Waals surface area contributed by atoms with Gasteiger partial charge in [-0.3, -0.25) is 0 Å². The standard InChI is InChI=1S/C14H15N3O/c1-2-5-11(6-3-1)12-7-4-8-13(9-12)18-14-10-15-17-16-14/h1-9,14-17H,10H2. The second kappa shape index (κ2) is 5.18. The molecule has 0 spiro atoms. The summed E-state index contributed by atoms with van der Waals surface area (Å²) in [4.78, 5) is 0. The summed E-state index contributed by atoms with van der Waals surface area (Å²) in [7, 11) is 0. The summed E-state index contributed by atoms with van der Waals surface area (Å²) in [6.45, 7) is 0.732. The van der Waals surface area contributed by atoms with Crippen LogP contribution in [0.3, 0.4) is 0 Å². The summed E-state index contributed by atoms with van der Waals surface area (Å²) in [5, 5.41) is 0. The number of rotatable bonds is 3. The van der Waals surface area contributed by atoms with E-state index in [0.29, 0.717) is 0 Å². The first kappa shape index (κ1) is 11.2. The SMILES string of the molecule is c1ccc(-c2cccc(OC3CNNN3)c2)cc1. The molecular formula is C14H15N3O. The van der Waals surface area contributed by atoms with Crippen molar-refractivity contribution in [2.75, 3.05) is 6.54 Å². The number of nitrogens with one attached hydrogen (secondary N) is 3. The second-order valence-electron chi connectivity index (χ2n) is 4.15. The van der Waals surface area contributed by atoms with E-state index in [4.69, 9.17) is 4.74 Å². The molecule has 2 aromatic rings. The Morgan fingerprint density at radius 3 is 2.56 bits per heavy atom. The molecule has 1 heterocycles. The lowest BCUT2D eigenvalue weighted by atomic mass is 10.1. The van der Waals surface area contributed by atoms with E-state index in [1.165, 1.54) is 5.56 Å². The van der Waals surface area contributed by atoms with Crippen LogP contribution in [0, 0.1) is 0 Å². The van der Waals surface area contributed by atoms with Gasteiger partial charge in [-0.25, -0.2) is 10.9 Å². The molecule has 2 aromatic carbocycles. The molecule has 0 aromatic heterocycles. The van der Waals surface area contributed by atoms with Gasteiger partial charge < -0.3 is 4.74 Å². The van der Waals surface area contributed by atoms with E-state index in [1.807, 2.05) is 30.3 Å². The lowest BCUT2D eigenvalue weighted by Crippen LogP contribution is -2.36. The third-order valence-electron chi connectivity index (χ3n) is 2.83. The Kier molecular flexibility index (Phi) is 3.23. The van der Waals surface area contributed by atoms with Crippen LogP contribution in [0.1, 0.15) is 0 Å². The average molecular weight is 241 g/mol. The van der Waals surface area contributed by atoms with E-state index in [2.05, 4.69) is 40.7 Å². The maximum Gasteiger partial charge on any atom is 0.177 e. The van der Waals surface area contributed by atoms with Crippen molar-refractivity contribution in [2.24, 2.45) is 0 Å². The lowest BCUT2D eigenvalue weighted by molar-refractivity contribution is 0.191. The normalized spacial score (nSPS) is 18.8. The zero-order valence-electron chi connectivity index (χ0n) is 9.89. The van der Waals surface area contributed by atoms with Crippen LogP contribution in [0.15, 0.2) is 54.6 Å². The van der Waals surface area contributed by atoms with Crippen LogP contribution in [-0.2, 0) is 0 Å². The van der Waals surface area contributed by atoms with Crippen LogP contribution < -0.4 is 21.1 Å². The smallest absolute Gasteiger partial charge is 0.177 e. The molecule has 4 nitrogen and oxygen atoms in total. The zero-order valence-corrected chi connectivity index (χ0v) is 9.89. The van der Waals surface area contributed by atoms with Gasteiger partial charge in [0.05, 0.1) is 6.54 Å². The van der Waals surface area contributed by atoms with Gasteiger partial charge in [-0.2, -0.15) is 5.53 Å². The molecule has 18 heavy (non-hydrogen) atoms. The van der Waals surface area contributed by atoms with Gasteiger partial charge in [-0.05, 0) is 23.3 Å². The van der Waals surface area contributed by atoms with Gasteiger partial charge >= 0.3 is 0 Å². The van der Waals surface area contributed by atoms with Gasteiger partial charge in [-0.15, -0.1) is 0 Å². The van der Waals surface area contributed by atoms with Crippen LogP contribution in [-0.4, -0.2) is 12.8 Å². The zero-order chi connectivity index (χ0) is 12.2. The molecule has 0 radical (unpaired) electrons. The average Bonchev–Trinajstić information content (AvgIpc) is 2.93. The molecule has 0 aliphatic carbocycles. The lowest BCUT2D eigenvalue weighted by Gasteiger charge is -2.13.